The number of rotatable bonds is 5. The molecule has 7 nitrogen and oxygen atoms in total. The molecule has 0 aliphatic carbocycles. The maximum atomic E-state index is 11.4. The Morgan fingerprint density at radius 2 is 2.15 bits per heavy atom. The fourth-order valence-corrected chi connectivity index (χ4v) is 1.54. The number of nitrogens with one attached hydrogen (secondary N) is 1. The summed E-state index contributed by atoms with van der Waals surface area (Å²) in [6, 6.07) is 7.36. The van der Waals surface area contributed by atoms with Gasteiger partial charge in [0.15, 0.2) is 6.20 Å². The minimum atomic E-state index is -1.08. The molecule has 0 spiro atoms. The standard InChI is InChI=1S/C13H12N4O3/c18-12(15-8-13(19)20)9-17-6-4-10(7-16-17)11-3-1-2-5-14-11/h1-7H,8-9H2,(H-,15,18,19,20)/p+1. The molecule has 2 N–H and O–H groups in total. The predicted molar refractivity (Wildman–Crippen MR) is 68.3 cm³/mol. The van der Waals surface area contributed by atoms with Crippen LogP contribution in [0.2, 0.25) is 0 Å². The zero-order chi connectivity index (χ0) is 14.4. The van der Waals surface area contributed by atoms with Crippen molar-refractivity contribution in [3.63, 3.8) is 0 Å². The molecule has 0 radical (unpaired) electrons. The number of aliphatic carboxylic acids is 1. The van der Waals surface area contributed by atoms with Gasteiger partial charge in [0.05, 0.1) is 5.69 Å². The van der Waals surface area contributed by atoms with Crippen molar-refractivity contribution in [1.82, 2.24) is 15.4 Å². The highest BCUT2D eigenvalue weighted by Crippen LogP contribution is 2.12. The Hall–Kier alpha value is -2.83. The molecule has 0 aromatic carbocycles. The van der Waals surface area contributed by atoms with Crippen LogP contribution in [0, 0.1) is 0 Å². The van der Waals surface area contributed by atoms with Gasteiger partial charge < -0.3 is 10.4 Å². The second-order valence-corrected chi connectivity index (χ2v) is 4.00. The minimum Gasteiger partial charge on any atom is -0.480 e. The van der Waals surface area contributed by atoms with Crippen LogP contribution in [0.5, 0.6) is 0 Å². The van der Waals surface area contributed by atoms with Gasteiger partial charge in [-0.25, -0.2) is 0 Å². The molecule has 1 amide bonds. The first-order valence-corrected chi connectivity index (χ1v) is 5.91. The summed E-state index contributed by atoms with van der Waals surface area (Å²) in [6.07, 6.45) is 4.94. The Labute approximate surface area is 114 Å². The molecule has 7 heteroatoms. The number of carboxylic acid groups (broad SMARTS) is 1. The van der Waals surface area contributed by atoms with Crippen LogP contribution in [0.1, 0.15) is 0 Å². The first kappa shape index (κ1) is 13.6. The van der Waals surface area contributed by atoms with Crippen molar-refractivity contribution in [3.05, 3.63) is 42.9 Å². The van der Waals surface area contributed by atoms with Crippen LogP contribution in [-0.4, -0.2) is 33.6 Å². The molecule has 0 saturated carbocycles. The van der Waals surface area contributed by atoms with Gasteiger partial charge in [-0.05, 0) is 17.2 Å². The number of nitrogens with zero attached hydrogens (tertiary/aromatic N) is 3. The Morgan fingerprint density at radius 3 is 2.75 bits per heavy atom. The van der Waals surface area contributed by atoms with E-state index in [4.69, 9.17) is 5.11 Å². The summed E-state index contributed by atoms with van der Waals surface area (Å²) in [5.41, 5.74) is 1.63. The van der Waals surface area contributed by atoms with Gasteiger partial charge in [-0.2, -0.15) is 0 Å². The zero-order valence-electron chi connectivity index (χ0n) is 10.6. The number of amides is 1. The summed E-state index contributed by atoms with van der Waals surface area (Å²) in [4.78, 5) is 25.9. The van der Waals surface area contributed by atoms with E-state index in [1.54, 1.807) is 24.7 Å². The van der Waals surface area contributed by atoms with Crippen molar-refractivity contribution in [2.75, 3.05) is 6.54 Å². The van der Waals surface area contributed by atoms with E-state index in [1.165, 1.54) is 4.68 Å². The van der Waals surface area contributed by atoms with Gasteiger partial charge in [0, 0.05) is 17.8 Å². The highest BCUT2D eigenvalue weighted by atomic mass is 16.4. The molecular formula is C13H13N4O3+. The highest BCUT2D eigenvalue weighted by Gasteiger charge is 2.12. The molecule has 102 valence electrons. The maximum absolute atomic E-state index is 11.4. The topological polar surface area (TPSA) is 96.1 Å². The van der Waals surface area contributed by atoms with E-state index in [1.807, 2.05) is 18.2 Å². The van der Waals surface area contributed by atoms with Gasteiger partial charge in [-0.15, -0.1) is 0 Å². The van der Waals surface area contributed by atoms with E-state index in [-0.39, 0.29) is 6.54 Å². The van der Waals surface area contributed by atoms with Crippen molar-refractivity contribution in [1.29, 1.82) is 0 Å². The average molecular weight is 273 g/mol. The van der Waals surface area contributed by atoms with Gasteiger partial charge >= 0.3 is 5.97 Å². The second-order valence-electron chi connectivity index (χ2n) is 4.00. The molecule has 2 aromatic heterocycles. The molecular weight excluding hydrogens is 260 g/mol. The fourth-order valence-electron chi connectivity index (χ4n) is 1.54. The van der Waals surface area contributed by atoms with Crippen LogP contribution in [-0.2, 0) is 16.1 Å². The molecule has 0 bridgehead atoms. The molecule has 2 aromatic rings. The molecule has 0 saturated heterocycles. The minimum absolute atomic E-state index is 0.0320. The van der Waals surface area contributed by atoms with Crippen LogP contribution in [0.4, 0.5) is 0 Å². The number of pyridine rings is 1. The Balaban J connectivity index is 1.98. The Kier molecular flexibility index (Phi) is 4.33. The van der Waals surface area contributed by atoms with Crippen molar-refractivity contribution in [3.8, 4) is 11.3 Å². The number of carboxylic acids is 1. The molecule has 0 fully saturated rings. The average Bonchev–Trinajstić information content (AvgIpc) is 2.47. The molecule has 20 heavy (non-hydrogen) atoms. The van der Waals surface area contributed by atoms with Crippen molar-refractivity contribution in [2.24, 2.45) is 0 Å². The van der Waals surface area contributed by atoms with Crippen LogP contribution in [0.15, 0.2) is 42.9 Å². The van der Waals surface area contributed by atoms with Crippen LogP contribution in [0.3, 0.4) is 0 Å². The number of hydrogen-bond acceptors (Lipinski definition) is 4. The van der Waals surface area contributed by atoms with E-state index in [0.29, 0.717) is 0 Å². The molecule has 0 atom stereocenters. The van der Waals surface area contributed by atoms with E-state index < -0.39 is 18.4 Å². The Morgan fingerprint density at radius 1 is 1.30 bits per heavy atom. The first-order valence-electron chi connectivity index (χ1n) is 5.91. The quantitative estimate of drug-likeness (QED) is 0.725. The van der Waals surface area contributed by atoms with Gasteiger partial charge in [0.1, 0.15) is 12.7 Å². The summed E-state index contributed by atoms with van der Waals surface area (Å²) < 4.78 is 1.42. The third kappa shape index (κ3) is 3.84. The zero-order valence-corrected chi connectivity index (χ0v) is 10.6. The van der Waals surface area contributed by atoms with Gasteiger partial charge in [-0.3, -0.25) is 14.6 Å². The summed E-state index contributed by atoms with van der Waals surface area (Å²) in [6.45, 7) is -0.429. The lowest BCUT2D eigenvalue weighted by atomic mass is 10.2. The van der Waals surface area contributed by atoms with Crippen molar-refractivity contribution < 1.29 is 19.4 Å². The lowest BCUT2D eigenvalue weighted by molar-refractivity contribution is -0.742. The lowest BCUT2D eigenvalue weighted by Crippen LogP contribution is -2.46. The Bertz CT molecular complexity index is 599. The van der Waals surface area contributed by atoms with Crippen molar-refractivity contribution >= 4 is 11.9 Å². The predicted octanol–water partition coefficient (Wildman–Crippen LogP) is -0.368. The van der Waals surface area contributed by atoms with Crippen LogP contribution in [0.25, 0.3) is 11.3 Å². The SMILES string of the molecule is O=C(O)CNC(=O)C[n+]1ccc(-c2ccccn2)cn1. The summed E-state index contributed by atoms with van der Waals surface area (Å²) in [5, 5.41) is 14.8. The van der Waals surface area contributed by atoms with E-state index >= 15 is 0 Å². The maximum Gasteiger partial charge on any atom is 0.322 e. The van der Waals surface area contributed by atoms with Gasteiger partial charge in [0.25, 0.3) is 12.5 Å². The van der Waals surface area contributed by atoms with E-state index in [9.17, 15) is 9.59 Å². The third-order valence-corrected chi connectivity index (χ3v) is 2.47. The normalized spacial score (nSPS) is 10.0. The number of aromatic nitrogens is 3. The smallest absolute Gasteiger partial charge is 0.322 e. The van der Waals surface area contributed by atoms with Crippen molar-refractivity contribution in [2.45, 2.75) is 6.54 Å². The largest absolute Gasteiger partial charge is 0.480 e. The number of carbonyl (C=O) groups is 2. The molecule has 0 aliphatic heterocycles. The molecule has 0 aliphatic rings. The highest BCUT2D eigenvalue weighted by molar-refractivity contribution is 5.80. The van der Waals surface area contributed by atoms with Gasteiger partial charge in [-0.1, -0.05) is 10.7 Å². The molecule has 2 rings (SSSR count). The van der Waals surface area contributed by atoms with Crippen LogP contribution >= 0.6 is 0 Å². The van der Waals surface area contributed by atoms with Gasteiger partial charge in [0.2, 0.25) is 0 Å². The fraction of sp³-hybridized carbons (Fsp3) is 0.154. The summed E-state index contributed by atoms with van der Waals surface area (Å²) in [5.74, 6) is -1.49. The van der Waals surface area contributed by atoms with E-state index in [0.717, 1.165) is 11.3 Å². The number of hydrogen-bond donors (Lipinski definition) is 2. The monoisotopic (exact) mass is 273 g/mol. The molecule has 0 unspecified atom stereocenters. The third-order valence-electron chi connectivity index (χ3n) is 2.47. The molecule has 2 heterocycles. The number of carbonyl (C=O) groups excluding carboxylic acids is 1. The first-order chi connectivity index (χ1) is 9.65. The van der Waals surface area contributed by atoms with E-state index in [2.05, 4.69) is 15.4 Å². The summed E-state index contributed by atoms with van der Waals surface area (Å²) in [7, 11) is 0. The lowest BCUT2D eigenvalue weighted by Gasteiger charge is -1.99. The summed E-state index contributed by atoms with van der Waals surface area (Å²) >= 11 is 0. The van der Waals surface area contributed by atoms with Crippen LogP contribution < -0.4 is 10.00 Å². The second kappa shape index (κ2) is 6.37.